The molecule has 0 spiro atoms. The minimum Gasteiger partial charge on any atom is -0.492 e. The van der Waals surface area contributed by atoms with Crippen LogP contribution >= 0.6 is 21.6 Å². The van der Waals surface area contributed by atoms with Crippen molar-refractivity contribution in [2.45, 2.75) is 67.7 Å². The zero-order valence-corrected chi connectivity index (χ0v) is 41.2. The number of carbonyl (C=O) groups excluding carboxylic acids is 6. The summed E-state index contributed by atoms with van der Waals surface area (Å²) in [6.45, 7) is 1.25. The normalized spacial score (nSPS) is 20.3. The molecule has 2 saturated heterocycles. The van der Waals surface area contributed by atoms with E-state index in [1.54, 1.807) is 41.3 Å². The van der Waals surface area contributed by atoms with Crippen LogP contribution in [-0.2, 0) is 56.1 Å². The number of anilines is 2. The van der Waals surface area contributed by atoms with Crippen molar-refractivity contribution < 1.29 is 67.5 Å². The number of ether oxygens (including phenoxy) is 4. The van der Waals surface area contributed by atoms with Crippen LogP contribution in [-0.4, -0.2) is 145 Å². The number of nitrogens with zero attached hydrogens (tertiary/aromatic N) is 4. The van der Waals surface area contributed by atoms with Crippen molar-refractivity contribution in [3.05, 3.63) is 111 Å². The number of allylic oxidation sites excluding steroid dienone is 2. The molecule has 4 amide bonds. The predicted octanol–water partition coefficient (Wildman–Crippen LogP) is 1.88. The number of primary amides is 1. The van der Waals surface area contributed by atoms with Gasteiger partial charge in [0.2, 0.25) is 17.5 Å². The number of carboxylic acid groups (broad SMARTS) is 2. The van der Waals surface area contributed by atoms with E-state index in [1.165, 1.54) is 61.2 Å². The molecule has 0 radical (unpaired) electrons. The maximum Gasteiger partial charge on any atom is 0.410 e. The van der Waals surface area contributed by atoms with E-state index in [-0.39, 0.29) is 71.4 Å². The Morgan fingerprint density at radius 2 is 1.68 bits per heavy atom. The van der Waals surface area contributed by atoms with Gasteiger partial charge in [0.1, 0.15) is 37.2 Å². The lowest BCUT2D eigenvalue weighted by Gasteiger charge is -2.40. The van der Waals surface area contributed by atoms with Crippen LogP contribution in [0.1, 0.15) is 41.4 Å². The van der Waals surface area contributed by atoms with Crippen LogP contribution in [0.15, 0.2) is 93.1 Å². The number of nitrogen functional groups attached to an aromatic ring is 1. The first-order valence-corrected chi connectivity index (χ1v) is 24.9. The van der Waals surface area contributed by atoms with Crippen LogP contribution in [0.2, 0.25) is 0 Å². The maximum atomic E-state index is 13.7. The molecule has 1 unspecified atom stereocenters. The number of aromatic nitrogens is 3. The van der Waals surface area contributed by atoms with Crippen molar-refractivity contribution >= 4 is 91.6 Å². The summed E-state index contributed by atoms with van der Waals surface area (Å²) in [6, 6.07) is 10.5. The number of fused-ring (bicyclic) bond motifs is 5. The average Bonchev–Trinajstić information content (AvgIpc) is 3.88. The van der Waals surface area contributed by atoms with E-state index in [0.29, 0.717) is 27.4 Å². The fourth-order valence-electron chi connectivity index (χ4n) is 9.27. The molecular formula is C47H48N10O15S2. The number of aromatic amines is 1. The summed E-state index contributed by atoms with van der Waals surface area (Å²) in [5.74, 6) is -6.25. The van der Waals surface area contributed by atoms with Gasteiger partial charge in [0.05, 0.1) is 48.7 Å². The van der Waals surface area contributed by atoms with E-state index in [2.05, 4.69) is 30.9 Å². The summed E-state index contributed by atoms with van der Waals surface area (Å²) in [5.41, 5.74) is 11.5. The van der Waals surface area contributed by atoms with Crippen molar-refractivity contribution in [2.75, 3.05) is 44.2 Å². The molecule has 8 rings (SSSR count). The second-order valence-corrected chi connectivity index (χ2v) is 19.7. The minimum absolute atomic E-state index is 0.0423. The Hall–Kier alpha value is -8.17. The second kappa shape index (κ2) is 21.5. The number of ketones is 2. The zero-order valence-electron chi connectivity index (χ0n) is 39.6. The highest BCUT2D eigenvalue weighted by molar-refractivity contribution is 8.76. The topological polar surface area (TPSA) is 367 Å². The molecule has 3 aliphatic heterocycles. The van der Waals surface area contributed by atoms with E-state index in [0.717, 1.165) is 10.8 Å². The van der Waals surface area contributed by atoms with Crippen molar-refractivity contribution in [1.29, 1.82) is 0 Å². The summed E-state index contributed by atoms with van der Waals surface area (Å²) >= 11 is 0. The number of nitrogens with one attached hydrogen (secondary N) is 4. The predicted molar refractivity (Wildman–Crippen MR) is 263 cm³/mol. The van der Waals surface area contributed by atoms with Gasteiger partial charge in [0.15, 0.2) is 17.0 Å². The Morgan fingerprint density at radius 1 is 0.959 bits per heavy atom. The van der Waals surface area contributed by atoms with Gasteiger partial charge < -0.3 is 66.5 Å². The molecule has 2 aromatic carbocycles. The number of aliphatic carboxylic acids is 2. The number of Topliss-reactive ketones (excluding diaryl/α,β-unsaturated/α-hetero) is 2. The van der Waals surface area contributed by atoms with Crippen LogP contribution in [0.4, 0.5) is 21.1 Å². The fourth-order valence-corrected chi connectivity index (χ4v) is 11.4. The Labute approximate surface area is 427 Å². The molecule has 25 nitrogen and oxygen atoms in total. The summed E-state index contributed by atoms with van der Waals surface area (Å²) in [5, 5.41) is 27.5. The van der Waals surface area contributed by atoms with E-state index >= 15 is 0 Å². The van der Waals surface area contributed by atoms with E-state index in [4.69, 9.17) is 30.4 Å². The molecule has 74 heavy (non-hydrogen) atoms. The Bertz CT molecular complexity index is 3100. The molecule has 0 bridgehead atoms. The number of benzene rings is 2. The number of hydrogen-bond donors (Lipinski definition) is 8. The molecule has 0 saturated carbocycles. The van der Waals surface area contributed by atoms with Crippen molar-refractivity contribution in [2.24, 2.45) is 11.7 Å². The molecule has 388 valence electrons. The summed E-state index contributed by atoms with van der Waals surface area (Å²) in [4.78, 5) is 129. The van der Waals surface area contributed by atoms with E-state index in [9.17, 15) is 53.4 Å². The van der Waals surface area contributed by atoms with E-state index < -0.39 is 102 Å². The number of carbonyl (C=O) groups is 8. The number of methoxy groups -OCH3 is 2. The molecule has 1 aliphatic carbocycles. The highest BCUT2D eigenvalue weighted by Gasteiger charge is 2.78. The van der Waals surface area contributed by atoms with Crippen molar-refractivity contribution in [1.82, 2.24) is 35.4 Å². The lowest BCUT2D eigenvalue weighted by atomic mass is 9.83. The summed E-state index contributed by atoms with van der Waals surface area (Å²) in [6.07, 6.45) is -1.04. The number of rotatable bonds is 21. The first-order chi connectivity index (χ1) is 35.4. The molecule has 4 aliphatic rings. The SMILES string of the molecule is COC1=C(C)C(=O)C2=C(C1=O)[C@@H](COC(N)=O)[C@@]1(OC)[C@@H]3[C@H](CN21)N3C(=O)OCc1ccc(SSCC(NC(=O)CC[C@H](NC(=O)c2ccc(NCc3cnc4cc(N)[nH]c(=O)c4n3)cc2)C(=O)O)C(=O)O)cc1. The minimum atomic E-state index is -1.47. The molecule has 10 N–H and O–H groups in total. The third-order valence-electron chi connectivity index (χ3n) is 12.8. The van der Waals surface area contributed by atoms with Gasteiger partial charge in [0, 0.05) is 59.2 Å². The molecular weight excluding hydrogens is 1010 g/mol. The molecule has 4 aromatic rings. The third kappa shape index (κ3) is 10.4. The van der Waals surface area contributed by atoms with Crippen LogP contribution in [0.5, 0.6) is 0 Å². The molecule has 2 fully saturated rings. The molecule has 6 atom stereocenters. The van der Waals surface area contributed by atoms with Gasteiger partial charge in [-0.25, -0.2) is 24.2 Å². The van der Waals surface area contributed by atoms with Gasteiger partial charge in [-0.05, 0) is 55.3 Å². The Balaban J connectivity index is 0.771. The molecule has 2 aromatic heterocycles. The Morgan fingerprint density at radius 3 is 2.34 bits per heavy atom. The first-order valence-electron chi connectivity index (χ1n) is 22.6. The number of H-pyrrole nitrogens is 1. The first kappa shape index (κ1) is 52.2. The monoisotopic (exact) mass is 1060 g/mol. The lowest BCUT2D eigenvalue weighted by Crippen LogP contribution is -2.56. The quantitative estimate of drug-likeness (QED) is 0.0335. The number of piperazine rings is 1. The van der Waals surface area contributed by atoms with Gasteiger partial charge in [-0.15, -0.1) is 0 Å². The number of hydrogen-bond acceptors (Lipinski definition) is 20. The highest BCUT2D eigenvalue weighted by Crippen LogP contribution is 2.60. The van der Waals surface area contributed by atoms with E-state index in [1.807, 2.05) is 0 Å². The number of pyridine rings is 1. The van der Waals surface area contributed by atoms with Crippen molar-refractivity contribution in [3.63, 3.8) is 0 Å². The third-order valence-corrected chi connectivity index (χ3v) is 15.2. The fraction of sp³-hybridized carbons (Fsp3) is 0.340. The van der Waals surface area contributed by atoms with Crippen LogP contribution < -0.4 is 33.0 Å². The van der Waals surface area contributed by atoms with Gasteiger partial charge in [-0.1, -0.05) is 33.7 Å². The molecule has 5 heterocycles. The number of nitrogens with two attached hydrogens (primary N) is 2. The number of carboxylic acids is 2. The van der Waals surface area contributed by atoms with Gasteiger partial charge in [0.25, 0.3) is 11.5 Å². The smallest absolute Gasteiger partial charge is 0.410 e. The van der Waals surface area contributed by atoms with Crippen LogP contribution in [0.3, 0.4) is 0 Å². The van der Waals surface area contributed by atoms with Gasteiger partial charge in [-0.2, -0.15) is 0 Å². The second-order valence-electron chi connectivity index (χ2n) is 17.3. The van der Waals surface area contributed by atoms with Crippen LogP contribution in [0, 0.1) is 5.92 Å². The zero-order chi connectivity index (χ0) is 53.2. The lowest BCUT2D eigenvalue weighted by molar-refractivity contribution is -0.144. The Kier molecular flexibility index (Phi) is 15.2. The summed E-state index contributed by atoms with van der Waals surface area (Å²) in [7, 11) is 5.01. The highest BCUT2D eigenvalue weighted by atomic mass is 33.1. The van der Waals surface area contributed by atoms with Gasteiger partial charge >= 0.3 is 24.1 Å². The van der Waals surface area contributed by atoms with Gasteiger partial charge in [-0.3, -0.25) is 33.9 Å². The summed E-state index contributed by atoms with van der Waals surface area (Å²) < 4.78 is 22.1. The average molecular weight is 1060 g/mol. The van der Waals surface area contributed by atoms with Crippen LogP contribution in [0.25, 0.3) is 11.0 Å². The maximum absolute atomic E-state index is 13.7. The molecule has 27 heteroatoms. The largest absolute Gasteiger partial charge is 0.492 e. The number of amides is 4. The standard InChI is InChI=1S/C47H48N10O15S2/c1-21-37(59)36-34(38(60)39(21)69-2)27(19-71-45(49)67)47(70-3)40-31(17-56(36)47)57(40)46(68)72-18-22-4-10-26(11-5-22)74-73-20-30(44(65)66)53-33(58)13-12-28(43(63)64)54-41(61)23-6-8-24(9-7-23)50-15-25-16-51-29-14-32(48)55-42(62)35(29)52-25/h4-11,14,16,27-28,30-31,40,50H,12-13,15,17-20H2,1-3H3,(H2,49,67)(H,53,58)(H,54,61)(H,63,64)(H,65,66)(H3,48,55,62)/t27-,28+,30?,31+,40+,47-,57?/m1/s1. The van der Waals surface area contributed by atoms with Crippen molar-refractivity contribution in [3.8, 4) is 0 Å².